The van der Waals surface area contributed by atoms with Crippen molar-refractivity contribution in [2.24, 2.45) is 16.6 Å². The van der Waals surface area contributed by atoms with E-state index < -0.39 is 150 Å². The zero-order valence-corrected chi connectivity index (χ0v) is 43.4. The van der Waals surface area contributed by atoms with Crippen LogP contribution in [0.1, 0.15) is 83.8 Å². The Morgan fingerprint density at radius 1 is 0.526 bits per heavy atom. The van der Waals surface area contributed by atoms with E-state index in [1.807, 2.05) is 19.2 Å². The van der Waals surface area contributed by atoms with E-state index in [-0.39, 0.29) is 44.4 Å². The Labute approximate surface area is 443 Å². The number of hydrogen-bond donors (Lipinski definition) is 15. The maximum atomic E-state index is 14.3. The highest BCUT2D eigenvalue weighted by Crippen LogP contribution is 2.31. The van der Waals surface area contributed by atoms with Gasteiger partial charge in [0, 0.05) is 49.9 Å². The SMILES string of the molecule is CC(C)(CCC(C)(C)C(=O)NC(Cc1ccccc1)C(=O)NC(Cc1ccccc1)C(=O)NCC(N)C(=O)NC(CC(=O)O)C(=O)NC(CS)C(=O)O)CNC(=O)CCC(NC(=O)NC(CCC(=O)O)C(=O)O)C(=O)O. The van der Waals surface area contributed by atoms with Crippen LogP contribution in [0.2, 0.25) is 0 Å². The number of amides is 8. The number of carboxylic acid groups (broad SMARTS) is 5. The minimum absolute atomic E-state index is 0.0123. The predicted octanol–water partition coefficient (Wildman–Crippen LogP) is -0.857. The molecule has 0 bridgehead atoms. The van der Waals surface area contributed by atoms with Crippen LogP contribution in [0.25, 0.3) is 0 Å². The summed E-state index contributed by atoms with van der Waals surface area (Å²) in [6.45, 7) is 6.46. The van der Waals surface area contributed by atoms with Gasteiger partial charge in [0.25, 0.3) is 0 Å². The average molecular weight is 1090 g/mol. The van der Waals surface area contributed by atoms with Crippen LogP contribution in [0, 0.1) is 10.8 Å². The molecule has 26 nitrogen and oxygen atoms in total. The molecular weight excluding hydrogens is 1020 g/mol. The highest BCUT2D eigenvalue weighted by atomic mass is 32.1. The number of nitrogens with two attached hydrogens (primary N) is 1. The summed E-state index contributed by atoms with van der Waals surface area (Å²) >= 11 is 3.85. The monoisotopic (exact) mass is 1090 g/mol. The summed E-state index contributed by atoms with van der Waals surface area (Å²) in [6.07, 6.45) is -2.21. The van der Waals surface area contributed by atoms with E-state index in [0.29, 0.717) is 17.5 Å². The minimum Gasteiger partial charge on any atom is -0.481 e. The fraction of sp³-hybridized carbons (Fsp3) is 0.510. The second kappa shape index (κ2) is 31.2. The molecule has 0 aliphatic heterocycles. The van der Waals surface area contributed by atoms with Crippen LogP contribution in [0.3, 0.4) is 0 Å². The number of urea groups is 1. The molecular formula is C49H69N9O17S. The van der Waals surface area contributed by atoms with Crippen molar-refractivity contribution in [2.45, 2.75) is 128 Å². The lowest BCUT2D eigenvalue weighted by molar-refractivity contribution is -0.143. The van der Waals surface area contributed by atoms with Gasteiger partial charge >= 0.3 is 35.9 Å². The largest absolute Gasteiger partial charge is 0.481 e. The molecule has 0 aliphatic rings. The molecule has 0 saturated carbocycles. The highest BCUT2D eigenvalue weighted by molar-refractivity contribution is 7.80. The second-order valence-corrected chi connectivity index (χ2v) is 19.6. The quantitative estimate of drug-likeness (QED) is 0.0379. The van der Waals surface area contributed by atoms with Crippen molar-refractivity contribution in [2.75, 3.05) is 18.8 Å². The number of thiol groups is 1. The molecule has 8 amide bonds. The van der Waals surface area contributed by atoms with Gasteiger partial charge in [-0.1, -0.05) is 88.4 Å². The van der Waals surface area contributed by atoms with Crippen molar-refractivity contribution in [1.82, 2.24) is 42.5 Å². The topological polar surface area (TPSA) is 428 Å². The van der Waals surface area contributed by atoms with Crippen molar-refractivity contribution in [1.29, 1.82) is 0 Å². The van der Waals surface area contributed by atoms with Crippen LogP contribution < -0.4 is 48.3 Å². The average Bonchev–Trinajstić information content (AvgIpc) is 3.35. The molecule has 7 unspecified atom stereocenters. The van der Waals surface area contributed by atoms with Crippen LogP contribution in [0.5, 0.6) is 0 Å². The van der Waals surface area contributed by atoms with Gasteiger partial charge in [-0.3, -0.25) is 38.4 Å². The molecule has 0 aromatic heterocycles. The van der Waals surface area contributed by atoms with Gasteiger partial charge in [-0.2, -0.15) is 12.6 Å². The van der Waals surface area contributed by atoms with Crippen LogP contribution in [0.4, 0.5) is 4.79 Å². The third kappa shape index (κ3) is 24.0. The summed E-state index contributed by atoms with van der Waals surface area (Å²) in [5, 5.41) is 65.5. The van der Waals surface area contributed by atoms with Crippen molar-refractivity contribution in [3.63, 3.8) is 0 Å². The van der Waals surface area contributed by atoms with Crippen LogP contribution in [-0.4, -0.2) is 158 Å². The maximum Gasteiger partial charge on any atom is 0.327 e. The number of carbonyl (C=O) groups excluding carboxylic acids is 7. The standard InChI is InChI=1S/C49H69N9O17S/c1-48(2,26-52-36(59)17-15-30(43(68)69)57-47(75)58-31(44(70)71)16-18-37(60)61)19-20-49(3,4)46(74)56-33(22-28-13-9-6-10-14-28)41(66)54-32(21-27-11-7-5-8-12-27)40(65)51-24-29(50)39(64)53-34(23-38(62)63)42(67)55-35(25-76)45(72)73/h5-14,29-35,76H,15-26,50H2,1-4H3,(H,51,65)(H,52,59)(H,53,64)(H,54,66)(H,55,67)(H,56,74)(H,60,61)(H,62,63)(H,68,69)(H,70,71)(H,72,73)(H2,57,58,75). The van der Waals surface area contributed by atoms with Gasteiger partial charge in [-0.25, -0.2) is 19.2 Å². The summed E-state index contributed by atoms with van der Waals surface area (Å²) in [5.41, 5.74) is 5.54. The summed E-state index contributed by atoms with van der Waals surface area (Å²) in [4.78, 5) is 150. The van der Waals surface area contributed by atoms with E-state index >= 15 is 0 Å². The van der Waals surface area contributed by atoms with Gasteiger partial charge in [0.05, 0.1) is 6.42 Å². The number of hydrogen-bond acceptors (Lipinski definition) is 14. The number of rotatable bonds is 34. The Hall–Kier alpha value is -7.81. The van der Waals surface area contributed by atoms with Gasteiger partial charge in [-0.05, 0) is 42.2 Å². The first-order chi connectivity index (χ1) is 35.5. The van der Waals surface area contributed by atoms with Crippen molar-refractivity contribution in [3.8, 4) is 0 Å². The molecule has 0 aliphatic carbocycles. The minimum atomic E-state index is -1.75. The lowest BCUT2D eigenvalue weighted by atomic mass is 9.78. The Kier molecular flexibility index (Phi) is 26.4. The van der Waals surface area contributed by atoms with E-state index in [4.69, 9.17) is 10.8 Å². The Morgan fingerprint density at radius 2 is 0.987 bits per heavy atom. The summed E-state index contributed by atoms with van der Waals surface area (Å²) in [7, 11) is 0. The molecule has 15 N–H and O–H groups in total. The zero-order chi connectivity index (χ0) is 57.3. The molecule has 2 aromatic rings. The van der Waals surface area contributed by atoms with Crippen LogP contribution in [-0.2, 0) is 65.6 Å². The summed E-state index contributed by atoms with van der Waals surface area (Å²) < 4.78 is 0. The molecule has 27 heteroatoms. The summed E-state index contributed by atoms with van der Waals surface area (Å²) in [6, 6.07) is 5.49. The van der Waals surface area contributed by atoms with Gasteiger partial charge in [-0.15, -0.1) is 0 Å². The fourth-order valence-corrected chi connectivity index (χ4v) is 7.23. The smallest absolute Gasteiger partial charge is 0.327 e. The molecule has 2 aromatic carbocycles. The number of benzene rings is 2. The third-order valence-electron chi connectivity index (χ3n) is 11.8. The van der Waals surface area contributed by atoms with Crippen LogP contribution in [0.15, 0.2) is 60.7 Å². The molecule has 418 valence electrons. The van der Waals surface area contributed by atoms with E-state index in [1.54, 1.807) is 74.5 Å². The van der Waals surface area contributed by atoms with E-state index in [9.17, 15) is 78.0 Å². The Balaban J connectivity index is 2.17. The van der Waals surface area contributed by atoms with E-state index in [2.05, 4.69) is 49.8 Å². The lowest BCUT2D eigenvalue weighted by Gasteiger charge is -2.32. The van der Waals surface area contributed by atoms with E-state index in [1.165, 1.54) is 0 Å². The van der Waals surface area contributed by atoms with Crippen molar-refractivity contribution in [3.05, 3.63) is 71.8 Å². The molecule has 2 rings (SSSR count). The van der Waals surface area contributed by atoms with Crippen molar-refractivity contribution >= 4 is 83.9 Å². The lowest BCUT2D eigenvalue weighted by Crippen LogP contribution is -2.59. The normalized spacial score (nSPS) is 14.0. The molecule has 0 spiro atoms. The second-order valence-electron chi connectivity index (χ2n) is 19.3. The predicted molar refractivity (Wildman–Crippen MR) is 273 cm³/mol. The maximum absolute atomic E-state index is 14.3. The number of carbonyl (C=O) groups is 12. The zero-order valence-electron chi connectivity index (χ0n) is 42.5. The van der Waals surface area contributed by atoms with Crippen LogP contribution >= 0.6 is 12.6 Å². The molecule has 0 heterocycles. The van der Waals surface area contributed by atoms with Gasteiger partial charge in [0.1, 0.15) is 42.3 Å². The van der Waals surface area contributed by atoms with Gasteiger partial charge in [0.2, 0.25) is 35.4 Å². The first-order valence-electron chi connectivity index (χ1n) is 23.9. The Morgan fingerprint density at radius 3 is 1.46 bits per heavy atom. The van der Waals surface area contributed by atoms with Gasteiger partial charge in [0.15, 0.2) is 0 Å². The molecule has 76 heavy (non-hydrogen) atoms. The number of aliphatic carboxylic acids is 5. The van der Waals surface area contributed by atoms with Gasteiger partial charge < -0.3 is 73.8 Å². The molecule has 0 radical (unpaired) electrons. The third-order valence-corrected chi connectivity index (χ3v) is 12.1. The van der Waals surface area contributed by atoms with Crippen molar-refractivity contribution < 1.29 is 83.1 Å². The number of carboxylic acids is 5. The van der Waals surface area contributed by atoms with E-state index in [0.717, 1.165) is 0 Å². The summed E-state index contributed by atoms with van der Waals surface area (Å²) in [5.74, 6) is -12.5. The molecule has 0 saturated heterocycles. The Bertz CT molecular complexity index is 2380. The highest BCUT2D eigenvalue weighted by Gasteiger charge is 2.36. The first kappa shape index (κ1) is 64.3. The fourth-order valence-electron chi connectivity index (χ4n) is 6.99. The molecule has 0 fully saturated rings. The molecule has 7 atom stereocenters. The first-order valence-corrected chi connectivity index (χ1v) is 24.6. The number of nitrogens with one attached hydrogen (secondary N) is 8.